The highest BCUT2D eigenvalue weighted by Crippen LogP contribution is 2.23. The molecule has 27 heavy (non-hydrogen) atoms. The van der Waals surface area contributed by atoms with Gasteiger partial charge in [-0.25, -0.2) is 4.79 Å². The molecule has 1 atom stereocenters. The predicted octanol–water partition coefficient (Wildman–Crippen LogP) is 1.43. The molecule has 1 aliphatic rings. The lowest BCUT2D eigenvalue weighted by Crippen LogP contribution is -2.44. The Kier molecular flexibility index (Phi) is 5.55. The van der Waals surface area contributed by atoms with Crippen LogP contribution in [0.1, 0.15) is 50.1 Å². The number of nitrogens with zero attached hydrogens (tertiary/aromatic N) is 2. The van der Waals surface area contributed by atoms with E-state index in [1.807, 2.05) is 12.1 Å². The van der Waals surface area contributed by atoms with Gasteiger partial charge in [0.2, 0.25) is 11.8 Å². The monoisotopic (exact) mass is 367 g/mol. The molecule has 7 heteroatoms. The minimum Gasteiger partial charge on any atom is -0.303 e. The number of aryl methyl sites for hydroxylation is 1. The molecule has 1 aliphatic heterocycles. The van der Waals surface area contributed by atoms with Crippen molar-refractivity contribution in [3.8, 4) is 11.8 Å². The summed E-state index contributed by atoms with van der Waals surface area (Å²) < 4.78 is 2.95. The Balaban J connectivity index is 1.88. The number of fused-ring (bicyclic) bond motifs is 1. The molecule has 1 saturated heterocycles. The van der Waals surface area contributed by atoms with Crippen molar-refractivity contribution in [1.29, 1.82) is 0 Å². The lowest BCUT2D eigenvalue weighted by molar-refractivity contribution is -0.135. The van der Waals surface area contributed by atoms with Crippen LogP contribution in [0.2, 0.25) is 0 Å². The Hall–Kier alpha value is -3.14. The second kappa shape index (κ2) is 8.04. The van der Waals surface area contributed by atoms with E-state index in [2.05, 4.69) is 17.2 Å². The van der Waals surface area contributed by atoms with Gasteiger partial charge >= 0.3 is 5.69 Å². The normalized spacial score (nSPS) is 16.7. The van der Waals surface area contributed by atoms with Gasteiger partial charge < -0.3 is 4.79 Å². The number of rotatable bonds is 5. The van der Waals surface area contributed by atoms with Crippen molar-refractivity contribution < 1.29 is 14.4 Å². The molecule has 2 heterocycles. The van der Waals surface area contributed by atoms with Gasteiger partial charge in [0.05, 0.1) is 11.0 Å². The van der Waals surface area contributed by atoms with E-state index < -0.39 is 11.9 Å². The Morgan fingerprint density at radius 1 is 1.22 bits per heavy atom. The maximum atomic E-state index is 12.7. The van der Waals surface area contributed by atoms with E-state index in [9.17, 15) is 19.2 Å². The van der Waals surface area contributed by atoms with Crippen LogP contribution in [-0.4, -0.2) is 27.2 Å². The minimum atomic E-state index is -0.686. The van der Waals surface area contributed by atoms with E-state index >= 15 is 0 Å². The standard InChI is InChI=1S/C20H21N3O4/c1-22-17-13-14(7-5-3-2-4-6-12-24)8-9-15(17)23(20(22)27)16-10-11-18(25)21-19(16)26/h8-9,12-13,16H,2-4,6,10-11H2,1H3,(H,21,25,26). The highest BCUT2D eigenvalue weighted by Gasteiger charge is 2.31. The smallest absolute Gasteiger partial charge is 0.303 e. The second-order valence-corrected chi connectivity index (χ2v) is 6.60. The molecule has 2 aromatic rings. The average Bonchev–Trinajstić information content (AvgIpc) is 2.89. The number of unbranched alkanes of at least 4 members (excludes halogenated alkanes) is 3. The largest absolute Gasteiger partial charge is 0.329 e. The first kappa shape index (κ1) is 18.6. The average molecular weight is 367 g/mol. The molecule has 2 amide bonds. The van der Waals surface area contributed by atoms with E-state index in [1.54, 1.807) is 13.1 Å². The quantitative estimate of drug-likeness (QED) is 0.375. The van der Waals surface area contributed by atoms with E-state index in [1.165, 1.54) is 9.13 Å². The van der Waals surface area contributed by atoms with Crippen LogP contribution >= 0.6 is 0 Å². The molecular weight excluding hydrogens is 346 g/mol. The van der Waals surface area contributed by atoms with Gasteiger partial charge in [0, 0.05) is 31.9 Å². The van der Waals surface area contributed by atoms with Crippen LogP contribution in [0.3, 0.4) is 0 Å². The molecule has 7 nitrogen and oxygen atoms in total. The molecule has 0 bridgehead atoms. The zero-order valence-electron chi connectivity index (χ0n) is 15.2. The number of hydrogen-bond donors (Lipinski definition) is 1. The first-order chi connectivity index (χ1) is 13.0. The van der Waals surface area contributed by atoms with Crippen molar-refractivity contribution in [1.82, 2.24) is 14.5 Å². The molecule has 1 N–H and O–H groups in total. The first-order valence-electron chi connectivity index (χ1n) is 9.00. The summed E-state index contributed by atoms with van der Waals surface area (Å²) in [7, 11) is 1.66. The van der Waals surface area contributed by atoms with Crippen molar-refractivity contribution >= 4 is 29.1 Å². The molecular formula is C20H21N3O4. The molecule has 1 unspecified atom stereocenters. The maximum Gasteiger partial charge on any atom is 0.329 e. The number of benzene rings is 1. The predicted molar refractivity (Wildman–Crippen MR) is 100 cm³/mol. The number of nitrogens with one attached hydrogen (secondary N) is 1. The van der Waals surface area contributed by atoms with Crippen molar-refractivity contribution in [2.75, 3.05) is 0 Å². The third kappa shape index (κ3) is 3.85. The zero-order chi connectivity index (χ0) is 19.4. The number of imide groups is 1. The van der Waals surface area contributed by atoms with Gasteiger partial charge in [-0.05, 0) is 37.5 Å². The Morgan fingerprint density at radius 2 is 2.04 bits per heavy atom. The molecule has 0 aliphatic carbocycles. The van der Waals surface area contributed by atoms with Crippen LogP contribution in [-0.2, 0) is 21.4 Å². The molecule has 1 fully saturated rings. The van der Waals surface area contributed by atoms with Crippen molar-refractivity contribution in [2.24, 2.45) is 7.05 Å². The molecule has 0 radical (unpaired) electrons. The van der Waals surface area contributed by atoms with Gasteiger partial charge in [-0.2, -0.15) is 0 Å². The molecule has 3 rings (SSSR count). The van der Waals surface area contributed by atoms with Crippen molar-refractivity contribution in [3.63, 3.8) is 0 Å². The number of hydrogen-bond acceptors (Lipinski definition) is 4. The third-order valence-corrected chi connectivity index (χ3v) is 4.72. The number of amides is 2. The number of aldehydes is 1. The van der Waals surface area contributed by atoms with E-state index in [-0.39, 0.29) is 18.0 Å². The first-order valence-corrected chi connectivity index (χ1v) is 9.00. The summed E-state index contributed by atoms with van der Waals surface area (Å²) in [5, 5.41) is 2.30. The number of carbonyl (C=O) groups is 3. The van der Waals surface area contributed by atoms with Crippen molar-refractivity contribution in [2.45, 2.75) is 44.6 Å². The molecule has 140 valence electrons. The summed E-state index contributed by atoms with van der Waals surface area (Å²) in [6.45, 7) is 0. The summed E-state index contributed by atoms with van der Waals surface area (Å²) in [5.74, 6) is 5.40. The summed E-state index contributed by atoms with van der Waals surface area (Å²) in [6, 6.07) is 4.75. The van der Waals surface area contributed by atoms with Crippen LogP contribution in [0, 0.1) is 11.8 Å². The van der Waals surface area contributed by atoms with Crippen LogP contribution < -0.4 is 11.0 Å². The fourth-order valence-corrected chi connectivity index (χ4v) is 3.28. The van der Waals surface area contributed by atoms with Gasteiger partial charge in [-0.3, -0.25) is 24.0 Å². The SMILES string of the molecule is Cn1c(=O)n(C2CCC(=O)NC2=O)c2ccc(C#CCCCCC=O)cc21. The highest BCUT2D eigenvalue weighted by molar-refractivity contribution is 6.00. The molecule has 1 aromatic carbocycles. The second-order valence-electron chi connectivity index (χ2n) is 6.60. The lowest BCUT2D eigenvalue weighted by atomic mass is 10.1. The Bertz CT molecular complexity index is 1020. The number of carbonyl (C=O) groups excluding carboxylic acids is 3. The maximum absolute atomic E-state index is 12.7. The topological polar surface area (TPSA) is 90.2 Å². The molecule has 1 aromatic heterocycles. The molecule has 0 spiro atoms. The van der Waals surface area contributed by atoms with Gasteiger partial charge in [0.1, 0.15) is 12.3 Å². The van der Waals surface area contributed by atoms with Crippen LogP contribution in [0.25, 0.3) is 11.0 Å². The number of imidazole rings is 1. The van der Waals surface area contributed by atoms with Gasteiger partial charge in [-0.15, -0.1) is 0 Å². The van der Waals surface area contributed by atoms with E-state index in [0.717, 1.165) is 24.7 Å². The lowest BCUT2D eigenvalue weighted by Gasteiger charge is -2.21. The Labute approximate surface area is 156 Å². The fraction of sp³-hybridized carbons (Fsp3) is 0.400. The van der Waals surface area contributed by atoms with Gasteiger partial charge in [-0.1, -0.05) is 11.8 Å². The zero-order valence-corrected chi connectivity index (χ0v) is 15.2. The van der Waals surface area contributed by atoms with Crippen LogP contribution in [0.5, 0.6) is 0 Å². The highest BCUT2D eigenvalue weighted by atomic mass is 16.2. The van der Waals surface area contributed by atoms with Gasteiger partial charge in [0.25, 0.3) is 0 Å². The minimum absolute atomic E-state index is 0.215. The number of piperidine rings is 1. The summed E-state index contributed by atoms with van der Waals surface area (Å²) in [6.07, 6.45) is 4.42. The van der Waals surface area contributed by atoms with E-state index in [0.29, 0.717) is 30.3 Å². The number of aromatic nitrogens is 2. The van der Waals surface area contributed by atoms with Crippen molar-refractivity contribution in [3.05, 3.63) is 34.2 Å². The third-order valence-electron chi connectivity index (χ3n) is 4.72. The van der Waals surface area contributed by atoms with E-state index in [4.69, 9.17) is 0 Å². The van der Waals surface area contributed by atoms with Gasteiger partial charge in [0.15, 0.2) is 0 Å². The summed E-state index contributed by atoms with van der Waals surface area (Å²) in [5.41, 5.74) is 1.83. The van der Waals surface area contributed by atoms with Crippen LogP contribution in [0.15, 0.2) is 23.0 Å². The Morgan fingerprint density at radius 3 is 2.78 bits per heavy atom. The molecule has 0 saturated carbocycles. The summed E-state index contributed by atoms with van der Waals surface area (Å²) >= 11 is 0. The summed E-state index contributed by atoms with van der Waals surface area (Å²) in [4.78, 5) is 46.5. The fourth-order valence-electron chi connectivity index (χ4n) is 3.28. The van der Waals surface area contributed by atoms with Crippen LogP contribution in [0.4, 0.5) is 0 Å².